The molecule has 0 spiro atoms. The maximum absolute atomic E-state index is 11.8. The summed E-state index contributed by atoms with van der Waals surface area (Å²) in [7, 11) is 0. The van der Waals surface area contributed by atoms with E-state index in [1.54, 1.807) is 32.0 Å². The fourth-order valence-corrected chi connectivity index (χ4v) is 3.33. The highest BCUT2D eigenvalue weighted by Crippen LogP contribution is 2.31. The van der Waals surface area contributed by atoms with Crippen molar-refractivity contribution >= 4 is 46.5 Å². The maximum Gasteiger partial charge on any atom is 0.153 e. The molecule has 0 heterocycles. The van der Waals surface area contributed by atoms with E-state index >= 15 is 0 Å². The molecule has 0 saturated heterocycles. The minimum absolute atomic E-state index is 0.0667. The predicted octanol–water partition coefficient (Wildman–Crippen LogP) is 4.41. The number of thioether (sulfide) groups is 1. The van der Waals surface area contributed by atoms with Crippen LogP contribution in [0.2, 0.25) is 10.0 Å². The molecule has 18 heavy (non-hydrogen) atoms. The number of carbonyl (C=O) groups excluding carboxylic acids is 2. The summed E-state index contributed by atoms with van der Waals surface area (Å²) in [5, 5.41) is 0.336. The smallest absolute Gasteiger partial charge is 0.153 e. The Kier molecular flexibility index (Phi) is 6.19. The molecule has 0 unspecified atom stereocenters. The molecule has 98 valence electrons. The second-order valence-electron chi connectivity index (χ2n) is 3.74. The van der Waals surface area contributed by atoms with Crippen molar-refractivity contribution in [3.05, 3.63) is 28.2 Å². The Labute approximate surface area is 121 Å². The molecule has 5 heteroatoms. The average Bonchev–Trinajstić information content (AvgIpc) is 2.33. The van der Waals surface area contributed by atoms with E-state index < -0.39 is 5.25 Å². The van der Waals surface area contributed by atoms with Gasteiger partial charge in [0, 0.05) is 27.8 Å². The average molecular weight is 305 g/mol. The van der Waals surface area contributed by atoms with Crippen molar-refractivity contribution < 1.29 is 9.59 Å². The van der Waals surface area contributed by atoms with Crippen molar-refractivity contribution in [3.8, 4) is 0 Å². The fraction of sp³-hybridized carbons (Fsp3) is 0.385. The molecule has 0 aromatic heterocycles. The number of Topliss-reactive ketones (excluding diaryl/α,β-unsaturated/α-hetero) is 2. The standard InChI is InChI=1S/C13H14Cl2O2S/c1-3-11(16)13(12(17)4-2)18-10-6-8(14)5-9(15)7-10/h5-7,13H,3-4H2,1-2H3. The highest BCUT2D eigenvalue weighted by atomic mass is 35.5. The minimum Gasteiger partial charge on any atom is -0.298 e. The van der Waals surface area contributed by atoms with E-state index in [-0.39, 0.29) is 11.6 Å². The zero-order valence-corrected chi connectivity index (χ0v) is 12.5. The number of hydrogen-bond acceptors (Lipinski definition) is 3. The van der Waals surface area contributed by atoms with Gasteiger partial charge in [0.2, 0.25) is 0 Å². The molecule has 0 N–H and O–H groups in total. The van der Waals surface area contributed by atoms with Gasteiger partial charge in [0.1, 0.15) is 5.25 Å². The molecular weight excluding hydrogens is 291 g/mol. The van der Waals surface area contributed by atoms with Crippen molar-refractivity contribution in [1.82, 2.24) is 0 Å². The molecule has 2 nitrogen and oxygen atoms in total. The molecule has 0 bridgehead atoms. The lowest BCUT2D eigenvalue weighted by Gasteiger charge is -2.13. The van der Waals surface area contributed by atoms with Gasteiger partial charge in [-0.1, -0.05) is 37.0 Å². The first-order valence-corrected chi connectivity index (χ1v) is 7.29. The lowest BCUT2D eigenvalue weighted by Crippen LogP contribution is -2.25. The van der Waals surface area contributed by atoms with Crippen LogP contribution in [0.15, 0.2) is 23.1 Å². The third-order valence-electron chi connectivity index (χ3n) is 2.37. The number of rotatable bonds is 6. The molecule has 1 aromatic rings. The van der Waals surface area contributed by atoms with Crippen LogP contribution in [0.3, 0.4) is 0 Å². The Balaban J connectivity index is 2.95. The molecule has 1 aromatic carbocycles. The van der Waals surface area contributed by atoms with Gasteiger partial charge < -0.3 is 0 Å². The van der Waals surface area contributed by atoms with E-state index in [1.165, 1.54) is 11.8 Å². The van der Waals surface area contributed by atoms with Crippen molar-refractivity contribution in [2.24, 2.45) is 0 Å². The number of carbonyl (C=O) groups is 2. The molecule has 0 aliphatic carbocycles. The van der Waals surface area contributed by atoms with E-state index in [1.807, 2.05) is 0 Å². The molecule has 0 aliphatic heterocycles. The van der Waals surface area contributed by atoms with Gasteiger partial charge >= 0.3 is 0 Å². The Bertz CT molecular complexity index is 424. The summed E-state index contributed by atoms with van der Waals surface area (Å²) >= 11 is 13.0. The van der Waals surface area contributed by atoms with E-state index in [2.05, 4.69) is 0 Å². The monoisotopic (exact) mass is 304 g/mol. The van der Waals surface area contributed by atoms with Crippen LogP contribution >= 0.6 is 35.0 Å². The zero-order chi connectivity index (χ0) is 13.7. The van der Waals surface area contributed by atoms with Crippen LogP contribution in [-0.2, 0) is 9.59 Å². The normalized spacial score (nSPS) is 10.7. The van der Waals surface area contributed by atoms with E-state index in [9.17, 15) is 9.59 Å². The lowest BCUT2D eigenvalue weighted by molar-refractivity contribution is -0.125. The van der Waals surface area contributed by atoms with Gasteiger partial charge in [0.25, 0.3) is 0 Å². The first-order valence-electron chi connectivity index (χ1n) is 5.66. The molecule has 0 aliphatic rings. The number of halogens is 2. The maximum atomic E-state index is 11.8. The molecule has 0 atom stereocenters. The van der Waals surface area contributed by atoms with Gasteiger partial charge in [-0.05, 0) is 18.2 Å². The van der Waals surface area contributed by atoms with Crippen LogP contribution < -0.4 is 0 Å². The van der Waals surface area contributed by atoms with Crippen LogP contribution in [0.1, 0.15) is 26.7 Å². The van der Waals surface area contributed by atoms with Crippen LogP contribution in [0, 0.1) is 0 Å². The van der Waals surface area contributed by atoms with Crippen molar-refractivity contribution in [3.63, 3.8) is 0 Å². The number of ketones is 2. The Morgan fingerprint density at radius 1 is 1.06 bits per heavy atom. The van der Waals surface area contributed by atoms with Crippen LogP contribution in [0.25, 0.3) is 0 Å². The quantitative estimate of drug-likeness (QED) is 0.576. The van der Waals surface area contributed by atoms with Crippen molar-refractivity contribution in [2.75, 3.05) is 0 Å². The van der Waals surface area contributed by atoms with E-state index in [0.29, 0.717) is 22.9 Å². The third-order valence-corrected chi connectivity index (χ3v) is 4.08. The Hall–Kier alpha value is -0.510. The summed E-state index contributed by atoms with van der Waals surface area (Å²) in [6, 6.07) is 5.03. The first-order chi connectivity index (χ1) is 8.47. The highest BCUT2D eigenvalue weighted by Gasteiger charge is 2.24. The highest BCUT2D eigenvalue weighted by molar-refractivity contribution is 8.01. The Morgan fingerprint density at radius 3 is 1.89 bits per heavy atom. The molecular formula is C13H14Cl2O2S. The van der Waals surface area contributed by atoms with Gasteiger partial charge in [0.15, 0.2) is 11.6 Å². The van der Waals surface area contributed by atoms with Crippen molar-refractivity contribution in [2.45, 2.75) is 36.8 Å². The van der Waals surface area contributed by atoms with Crippen LogP contribution in [0.5, 0.6) is 0 Å². The second-order valence-corrected chi connectivity index (χ2v) is 5.79. The van der Waals surface area contributed by atoms with Crippen LogP contribution in [0.4, 0.5) is 0 Å². The largest absolute Gasteiger partial charge is 0.298 e. The van der Waals surface area contributed by atoms with Crippen molar-refractivity contribution in [1.29, 1.82) is 0 Å². The summed E-state index contributed by atoms with van der Waals surface area (Å²) in [5.41, 5.74) is 0. The number of hydrogen-bond donors (Lipinski definition) is 0. The zero-order valence-electron chi connectivity index (χ0n) is 10.2. The molecule has 0 saturated carbocycles. The van der Waals surface area contributed by atoms with Gasteiger partial charge in [0.05, 0.1) is 0 Å². The van der Waals surface area contributed by atoms with E-state index in [0.717, 1.165) is 4.90 Å². The first kappa shape index (κ1) is 15.5. The summed E-state index contributed by atoms with van der Waals surface area (Å²) < 4.78 is 0. The second kappa shape index (κ2) is 7.17. The molecule has 0 radical (unpaired) electrons. The lowest BCUT2D eigenvalue weighted by atomic mass is 10.1. The molecule has 0 fully saturated rings. The van der Waals surface area contributed by atoms with Gasteiger partial charge in [-0.15, -0.1) is 11.8 Å². The summed E-state index contributed by atoms with van der Waals surface area (Å²) in [6.07, 6.45) is 0.690. The molecule has 1 rings (SSSR count). The van der Waals surface area contributed by atoms with Gasteiger partial charge in [-0.3, -0.25) is 9.59 Å². The molecule has 0 amide bonds. The predicted molar refractivity (Wildman–Crippen MR) is 76.7 cm³/mol. The van der Waals surface area contributed by atoms with Gasteiger partial charge in [-0.2, -0.15) is 0 Å². The SMILES string of the molecule is CCC(=O)C(Sc1cc(Cl)cc(Cl)c1)C(=O)CC. The van der Waals surface area contributed by atoms with Crippen LogP contribution in [-0.4, -0.2) is 16.8 Å². The summed E-state index contributed by atoms with van der Waals surface area (Å²) in [6.45, 7) is 3.51. The van der Waals surface area contributed by atoms with E-state index in [4.69, 9.17) is 23.2 Å². The topological polar surface area (TPSA) is 34.1 Å². The number of benzene rings is 1. The Morgan fingerprint density at radius 2 is 1.50 bits per heavy atom. The van der Waals surface area contributed by atoms with Gasteiger partial charge in [-0.25, -0.2) is 0 Å². The fourth-order valence-electron chi connectivity index (χ4n) is 1.41. The summed E-state index contributed by atoms with van der Waals surface area (Å²) in [4.78, 5) is 24.3. The minimum atomic E-state index is -0.658. The third kappa shape index (κ3) is 4.30. The summed E-state index contributed by atoms with van der Waals surface area (Å²) in [5.74, 6) is -0.133.